The van der Waals surface area contributed by atoms with Crippen molar-refractivity contribution in [3.05, 3.63) is 69.8 Å². The number of aryl methyl sites for hydroxylation is 1. The molecular formula is C22H20BrClN8. The topological polar surface area (TPSA) is 90.1 Å². The Morgan fingerprint density at radius 3 is 2.84 bits per heavy atom. The van der Waals surface area contributed by atoms with Gasteiger partial charge in [0.2, 0.25) is 5.82 Å². The highest BCUT2D eigenvalue weighted by Gasteiger charge is 2.17. The molecule has 10 heteroatoms. The van der Waals surface area contributed by atoms with E-state index >= 15 is 0 Å². The van der Waals surface area contributed by atoms with Crippen LogP contribution >= 0.6 is 27.5 Å². The van der Waals surface area contributed by atoms with Crippen molar-refractivity contribution in [2.45, 2.75) is 32.7 Å². The summed E-state index contributed by atoms with van der Waals surface area (Å²) in [5.41, 5.74) is 3.74. The summed E-state index contributed by atoms with van der Waals surface area (Å²) in [5, 5.41) is 20.8. The molecule has 162 valence electrons. The maximum Gasteiger partial charge on any atom is 0.206 e. The highest BCUT2D eigenvalue weighted by Crippen LogP contribution is 2.31. The number of imidazole rings is 1. The molecule has 3 heterocycles. The minimum atomic E-state index is 0.518. The maximum atomic E-state index is 6.19. The number of aromatic nitrogens is 8. The number of para-hydroxylation sites is 1. The summed E-state index contributed by atoms with van der Waals surface area (Å²) in [5.74, 6) is 1.53. The van der Waals surface area contributed by atoms with Crippen LogP contribution in [0.1, 0.15) is 31.2 Å². The number of hydrogen-bond donors (Lipinski definition) is 1. The molecule has 1 N–H and O–H groups in total. The molecule has 0 unspecified atom stereocenters. The van der Waals surface area contributed by atoms with E-state index < -0.39 is 0 Å². The third-order valence-corrected chi connectivity index (χ3v) is 6.28. The van der Waals surface area contributed by atoms with Crippen molar-refractivity contribution in [3.8, 4) is 17.1 Å². The number of benzene rings is 2. The van der Waals surface area contributed by atoms with Gasteiger partial charge < -0.3 is 4.57 Å². The van der Waals surface area contributed by atoms with Gasteiger partial charge in [-0.15, -0.1) is 10.2 Å². The third-order valence-electron chi connectivity index (χ3n) is 5.33. The molecule has 5 rings (SSSR count). The SMILES string of the molecule is CCCCc1nc(Cl)cn1Cc1ccc2nn(-c3ccccc3-c3nn[nH]n3)c(Br)c2c1. The van der Waals surface area contributed by atoms with Crippen LogP contribution < -0.4 is 0 Å². The highest BCUT2D eigenvalue weighted by atomic mass is 79.9. The molecule has 0 fully saturated rings. The molecule has 0 atom stereocenters. The second-order valence-corrected chi connectivity index (χ2v) is 8.66. The molecule has 3 aromatic heterocycles. The average molecular weight is 512 g/mol. The van der Waals surface area contributed by atoms with E-state index in [-0.39, 0.29) is 0 Å². The van der Waals surface area contributed by atoms with Gasteiger partial charge in [-0.2, -0.15) is 10.3 Å². The van der Waals surface area contributed by atoms with Crippen molar-refractivity contribution in [1.82, 2.24) is 40.0 Å². The van der Waals surface area contributed by atoms with Gasteiger partial charge in [0.25, 0.3) is 0 Å². The van der Waals surface area contributed by atoms with E-state index in [0.717, 1.165) is 57.4 Å². The van der Waals surface area contributed by atoms with Crippen molar-refractivity contribution in [3.63, 3.8) is 0 Å². The molecular weight excluding hydrogens is 492 g/mol. The van der Waals surface area contributed by atoms with E-state index in [2.05, 4.69) is 65.2 Å². The van der Waals surface area contributed by atoms with Crippen LogP contribution in [0, 0.1) is 0 Å². The van der Waals surface area contributed by atoms with Crippen molar-refractivity contribution >= 4 is 38.4 Å². The Kier molecular flexibility index (Phi) is 5.75. The fourth-order valence-electron chi connectivity index (χ4n) is 3.77. The monoisotopic (exact) mass is 510 g/mol. The number of halogens is 2. The summed E-state index contributed by atoms with van der Waals surface area (Å²) >= 11 is 9.94. The second kappa shape index (κ2) is 8.84. The van der Waals surface area contributed by atoms with Gasteiger partial charge >= 0.3 is 0 Å². The molecule has 0 bridgehead atoms. The van der Waals surface area contributed by atoms with E-state index in [9.17, 15) is 0 Å². The van der Waals surface area contributed by atoms with Crippen molar-refractivity contribution < 1.29 is 0 Å². The zero-order valence-electron chi connectivity index (χ0n) is 17.3. The molecule has 0 aliphatic carbocycles. The highest BCUT2D eigenvalue weighted by molar-refractivity contribution is 9.10. The van der Waals surface area contributed by atoms with Gasteiger partial charge in [-0.1, -0.05) is 43.1 Å². The smallest absolute Gasteiger partial charge is 0.206 e. The summed E-state index contributed by atoms with van der Waals surface area (Å²) in [6, 6.07) is 14.1. The first-order valence-electron chi connectivity index (χ1n) is 10.4. The lowest BCUT2D eigenvalue weighted by molar-refractivity contribution is 0.678. The lowest BCUT2D eigenvalue weighted by Gasteiger charge is -2.08. The molecule has 0 amide bonds. The van der Waals surface area contributed by atoms with Gasteiger partial charge in [-0.05, 0) is 57.4 Å². The number of nitrogens with one attached hydrogen (secondary N) is 1. The van der Waals surface area contributed by atoms with Crippen molar-refractivity contribution in [2.75, 3.05) is 0 Å². The van der Waals surface area contributed by atoms with Gasteiger partial charge in [0.15, 0.2) is 0 Å². The Bertz CT molecular complexity index is 1370. The standard InChI is InChI=1S/C22H20BrClN8/c1-2-3-8-20-25-19(24)13-31(20)12-14-9-10-17-16(11-14)21(23)32(28-17)18-7-5-4-6-15(18)22-26-29-30-27-22/h4-7,9-11,13H,2-3,8,12H2,1H3,(H,26,27,29,30). The first-order valence-corrected chi connectivity index (χ1v) is 11.5. The van der Waals surface area contributed by atoms with Crippen LogP contribution in [0.3, 0.4) is 0 Å². The summed E-state index contributed by atoms with van der Waals surface area (Å²) in [6.07, 6.45) is 5.02. The van der Waals surface area contributed by atoms with Crippen LogP contribution in [-0.2, 0) is 13.0 Å². The molecule has 2 aromatic carbocycles. The molecule has 8 nitrogen and oxygen atoms in total. The number of fused-ring (bicyclic) bond motifs is 1. The van der Waals surface area contributed by atoms with Crippen LogP contribution in [0.4, 0.5) is 0 Å². The average Bonchev–Trinajstić information content (AvgIpc) is 3.53. The number of hydrogen-bond acceptors (Lipinski definition) is 5. The van der Waals surface area contributed by atoms with E-state index in [1.165, 1.54) is 0 Å². The number of H-pyrrole nitrogens is 1. The molecule has 0 saturated carbocycles. The minimum Gasteiger partial charge on any atom is -0.329 e. The first kappa shape index (κ1) is 20.8. The quantitative estimate of drug-likeness (QED) is 0.324. The van der Waals surface area contributed by atoms with Gasteiger partial charge in [0, 0.05) is 30.1 Å². The lowest BCUT2D eigenvalue weighted by Crippen LogP contribution is -2.04. The fraction of sp³-hybridized carbons (Fsp3) is 0.227. The summed E-state index contributed by atoms with van der Waals surface area (Å²) in [7, 11) is 0. The zero-order chi connectivity index (χ0) is 22.1. The molecule has 0 aliphatic heterocycles. The number of aromatic amines is 1. The first-order chi connectivity index (χ1) is 15.6. The molecule has 0 spiro atoms. The van der Waals surface area contributed by atoms with E-state index in [0.29, 0.717) is 17.5 Å². The molecule has 0 aliphatic rings. The van der Waals surface area contributed by atoms with Crippen LogP contribution in [0.25, 0.3) is 28.0 Å². The third kappa shape index (κ3) is 3.93. The van der Waals surface area contributed by atoms with Crippen LogP contribution in [0.5, 0.6) is 0 Å². The number of unbranched alkanes of at least 4 members (excludes halogenated alkanes) is 1. The predicted octanol–water partition coefficient (Wildman–Crippen LogP) is 5.21. The lowest BCUT2D eigenvalue weighted by atomic mass is 10.1. The molecule has 0 saturated heterocycles. The Morgan fingerprint density at radius 1 is 1.16 bits per heavy atom. The molecule has 5 aromatic rings. The van der Waals surface area contributed by atoms with Gasteiger partial charge in [0.05, 0.1) is 11.2 Å². The van der Waals surface area contributed by atoms with E-state index in [1.54, 1.807) is 0 Å². The largest absolute Gasteiger partial charge is 0.329 e. The van der Waals surface area contributed by atoms with Crippen LogP contribution in [0.15, 0.2) is 53.3 Å². The second-order valence-electron chi connectivity index (χ2n) is 7.52. The Morgan fingerprint density at radius 2 is 2.03 bits per heavy atom. The normalized spacial score (nSPS) is 11.5. The van der Waals surface area contributed by atoms with Gasteiger partial charge in [0.1, 0.15) is 15.6 Å². The van der Waals surface area contributed by atoms with E-state index in [1.807, 2.05) is 41.2 Å². The van der Waals surface area contributed by atoms with Crippen molar-refractivity contribution in [2.24, 2.45) is 0 Å². The summed E-state index contributed by atoms with van der Waals surface area (Å²) < 4.78 is 4.85. The Labute approximate surface area is 197 Å². The molecule has 0 radical (unpaired) electrons. The predicted molar refractivity (Wildman–Crippen MR) is 127 cm³/mol. The van der Waals surface area contributed by atoms with Gasteiger partial charge in [-0.3, -0.25) is 0 Å². The summed E-state index contributed by atoms with van der Waals surface area (Å²) in [6.45, 7) is 2.88. The van der Waals surface area contributed by atoms with E-state index in [4.69, 9.17) is 16.7 Å². The number of tetrazole rings is 1. The van der Waals surface area contributed by atoms with Crippen molar-refractivity contribution in [1.29, 1.82) is 0 Å². The number of nitrogens with zero attached hydrogens (tertiary/aromatic N) is 7. The van der Waals surface area contributed by atoms with Crippen LogP contribution in [0.2, 0.25) is 5.15 Å². The summed E-state index contributed by atoms with van der Waals surface area (Å²) in [4.78, 5) is 4.49. The van der Waals surface area contributed by atoms with Gasteiger partial charge in [-0.25, -0.2) is 9.67 Å². The maximum absolute atomic E-state index is 6.19. The fourth-order valence-corrected chi connectivity index (χ4v) is 4.57. The Balaban J connectivity index is 1.52. The molecule has 32 heavy (non-hydrogen) atoms. The zero-order valence-corrected chi connectivity index (χ0v) is 19.7. The van der Waals surface area contributed by atoms with Crippen LogP contribution in [-0.4, -0.2) is 40.0 Å². The Hall–Kier alpha value is -3.04. The minimum absolute atomic E-state index is 0.518. The number of rotatable bonds is 7.